The van der Waals surface area contributed by atoms with Crippen LogP contribution >= 0.6 is 0 Å². The molecule has 0 fully saturated rings. The fourth-order valence-electron chi connectivity index (χ4n) is 2.65. The molecule has 0 saturated heterocycles. The molecule has 158 valence electrons. The van der Waals surface area contributed by atoms with E-state index in [2.05, 4.69) is 15.8 Å². The average Bonchev–Trinajstić information content (AvgIpc) is 2.81. The van der Waals surface area contributed by atoms with E-state index in [9.17, 15) is 14.0 Å². The third-order valence-corrected chi connectivity index (χ3v) is 4.42. The topological polar surface area (TPSA) is 79.8 Å². The summed E-state index contributed by atoms with van der Waals surface area (Å²) < 4.78 is 18.6. The summed E-state index contributed by atoms with van der Waals surface area (Å²) in [5.74, 6) is -1.24. The van der Waals surface area contributed by atoms with Crippen LogP contribution in [0.25, 0.3) is 0 Å². The minimum absolute atomic E-state index is 0.259. The maximum absolute atomic E-state index is 12.9. The Labute approximate surface area is 179 Å². The van der Waals surface area contributed by atoms with Crippen molar-refractivity contribution >= 4 is 17.5 Å². The number of amides is 2. The number of rotatable bonds is 7. The Hall–Kier alpha value is -4.00. The molecule has 0 unspecified atom stereocenters. The van der Waals surface area contributed by atoms with Gasteiger partial charge in [0.2, 0.25) is 0 Å². The van der Waals surface area contributed by atoms with E-state index in [0.29, 0.717) is 18.1 Å². The van der Waals surface area contributed by atoms with Gasteiger partial charge in [-0.25, -0.2) is 9.82 Å². The zero-order valence-corrected chi connectivity index (χ0v) is 17.0. The van der Waals surface area contributed by atoms with Gasteiger partial charge >= 0.3 is 11.8 Å². The maximum atomic E-state index is 12.9. The monoisotopic (exact) mass is 419 g/mol. The molecule has 0 aromatic heterocycles. The predicted octanol–water partition coefficient (Wildman–Crippen LogP) is 3.56. The van der Waals surface area contributed by atoms with Gasteiger partial charge in [0.1, 0.15) is 18.2 Å². The number of ether oxygens (including phenoxy) is 1. The Bertz CT molecular complexity index is 1050. The normalized spacial score (nSPS) is 11.0. The van der Waals surface area contributed by atoms with Crippen LogP contribution in [0.15, 0.2) is 84.0 Å². The number of hydrogen-bond acceptors (Lipinski definition) is 4. The number of hydrogen-bond donors (Lipinski definition) is 2. The summed E-state index contributed by atoms with van der Waals surface area (Å²) in [5.41, 5.74) is 5.31. The summed E-state index contributed by atoms with van der Waals surface area (Å²) in [6.45, 7) is 2.30. The van der Waals surface area contributed by atoms with Crippen molar-refractivity contribution in [1.82, 2.24) is 10.7 Å². The molecule has 6 nitrogen and oxygen atoms in total. The summed E-state index contributed by atoms with van der Waals surface area (Å²) in [7, 11) is 0. The van der Waals surface area contributed by atoms with E-state index in [1.807, 2.05) is 30.3 Å². The molecule has 0 heterocycles. The van der Waals surface area contributed by atoms with Gasteiger partial charge in [-0.2, -0.15) is 5.10 Å². The molecule has 0 saturated carbocycles. The molecule has 31 heavy (non-hydrogen) atoms. The highest BCUT2D eigenvalue weighted by Crippen LogP contribution is 2.15. The molecule has 0 atom stereocenters. The number of carbonyl (C=O) groups excluding carboxylic acids is 2. The average molecular weight is 419 g/mol. The molecule has 0 spiro atoms. The Kier molecular flexibility index (Phi) is 7.48. The molecule has 3 aromatic rings. The molecule has 2 amide bonds. The van der Waals surface area contributed by atoms with Crippen LogP contribution in [-0.4, -0.2) is 17.5 Å². The molecule has 3 aromatic carbocycles. The van der Waals surface area contributed by atoms with Crippen LogP contribution in [0.5, 0.6) is 5.75 Å². The van der Waals surface area contributed by atoms with E-state index < -0.39 is 11.8 Å². The van der Waals surface area contributed by atoms with Crippen molar-refractivity contribution in [2.24, 2.45) is 5.10 Å². The quantitative estimate of drug-likeness (QED) is 0.349. The van der Waals surface area contributed by atoms with Crippen LogP contribution in [-0.2, 0) is 22.7 Å². The second kappa shape index (κ2) is 10.7. The van der Waals surface area contributed by atoms with Crippen molar-refractivity contribution in [3.8, 4) is 5.75 Å². The molecule has 0 aliphatic rings. The number of halogens is 1. The van der Waals surface area contributed by atoms with Crippen LogP contribution in [0, 0.1) is 5.82 Å². The minimum Gasteiger partial charge on any atom is -0.489 e. The summed E-state index contributed by atoms with van der Waals surface area (Å²) in [5, 5.41) is 6.52. The summed E-state index contributed by atoms with van der Waals surface area (Å²) in [6.07, 6.45) is 0. The lowest BCUT2D eigenvalue weighted by molar-refractivity contribution is -0.139. The first-order valence-electron chi connectivity index (χ1n) is 9.65. The van der Waals surface area contributed by atoms with Gasteiger partial charge in [-0.05, 0) is 60.0 Å². The predicted molar refractivity (Wildman–Crippen MR) is 116 cm³/mol. The Balaban J connectivity index is 1.48. The molecule has 0 radical (unpaired) electrons. The van der Waals surface area contributed by atoms with E-state index in [-0.39, 0.29) is 12.4 Å². The smallest absolute Gasteiger partial charge is 0.329 e. The summed E-state index contributed by atoms with van der Waals surface area (Å²) in [6, 6.07) is 22.5. The Morgan fingerprint density at radius 1 is 0.871 bits per heavy atom. The van der Waals surface area contributed by atoms with E-state index in [0.717, 1.165) is 16.7 Å². The number of hydrazone groups is 1. The maximum Gasteiger partial charge on any atom is 0.329 e. The molecule has 0 aliphatic carbocycles. The molecule has 3 rings (SSSR count). The van der Waals surface area contributed by atoms with Crippen molar-refractivity contribution in [1.29, 1.82) is 0 Å². The molecule has 2 N–H and O–H groups in total. The second-order valence-electron chi connectivity index (χ2n) is 6.75. The lowest BCUT2D eigenvalue weighted by Crippen LogP contribution is -2.37. The second-order valence-corrected chi connectivity index (χ2v) is 6.75. The fourth-order valence-corrected chi connectivity index (χ4v) is 2.65. The third-order valence-electron chi connectivity index (χ3n) is 4.42. The van der Waals surface area contributed by atoms with Crippen molar-refractivity contribution in [2.45, 2.75) is 20.1 Å². The van der Waals surface area contributed by atoms with Crippen molar-refractivity contribution < 1.29 is 18.7 Å². The van der Waals surface area contributed by atoms with Crippen molar-refractivity contribution in [2.75, 3.05) is 0 Å². The van der Waals surface area contributed by atoms with Gasteiger partial charge in [-0.1, -0.05) is 42.5 Å². The van der Waals surface area contributed by atoms with Crippen molar-refractivity contribution in [3.63, 3.8) is 0 Å². The van der Waals surface area contributed by atoms with Gasteiger partial charge in [-0.3, -0.25) is 9.59 Å². The van der Waals surface area contributed by atoms with E-state index in [1.165, 1.54) is 12.1 Å². The van der Waals surface area contributed by atoms with E-state index >= 15 is 0 Å². The van der Waals surface area contributed by atoms with Crippen LogP contribution in [0.2, 0.25) is 0 Å². The highest BCUT2D eigenvalue weighted by molar-refractivity contribution is 6.35. The van der Waals surface area contributed by atoms with Gasteiger partial charge < -0.3 is 10.1 Å². The number of benzene rings is 3. The number of carbonyl (C=O) groups is 2. The SMILES string of the molecule is C/C(=N\NC(=O)C(=O)NCc1ccccc1)c1ccc(OCc2ccc(F)cc2)cc1. The first kappa shape index (κ1) is 21.7. The summed E-state index contributed by atoms with van der Waals surface area (Å²) in [4.78, 5) is 23.8. The number of nitrogens with zero attached hydrogens (tertiary/aromatic N) is 1. The summed E-state index contributed by atoms with van der Waals surface area (Å²) >= 11 is 0. The van der Waals surface area contributed by atoms with Gasteiger partial charge in [-0.15, -0.1) is 0 Å². The molecular weight excluding hydrogens is 397 g/mol. The van der Waals surface area contributed by atoms with Gasteiger partial charge in [0.05, 0.1) is 5.71 Å². The van der Waals surface area contributed by atoms with Crippen LogP contribution in [0.4, 0.5) is 4.39 Å². The minimum atomic E-state index is -0.838. The lowest BCUT2D eigenvalue weighted by atomic mass is 10.1. The van der Waals surface area contributed by atoms with E-state index in [1.54, 1.807) is 43.3 Å². The largest absolute Gasteiger partial charge is 0.489 e. The molecule has 7 heteroatoms. The van der Waals surface area contributed by atoms with Crippen molar-refractivity contribution in [3.05, 3.63) is 101 Å². The first-order valence-corrected chi connectivity index (χ1v) is 9.65. The fraction of sp³-hybridized carbons (Fsp3) is 0.125. The van der Waals surface area contributed by atoms with Gasteiger partial charge in [0.15, 0.2) is 0 Å². The molecule has 0 bridgehead atoms. The van der Waals surface area contributed by atoms with Crippen LogP contribution in [0.1, 0.15) is 23.6 Å². The van der Waals surface area contributed by atoms with Gasteiger partial charge in [0.25, 0.3) is 0 Å². The first-order chi connectivity index (χ1) is 15.0. The zero-order valence-electron chi connectivity index (χ0n) is 17.0. The molecular formula is C24H22FN3O3. The number of nitrogens with one attached hydrogen (secondary N) is 2. The Morgan fingerprint density at radius 3 is 2.23 bits per heavy atom. The van der Waals surface area contributed by atoms with Crippen LogP contribution in [0.3, 0.4) is 0 Å². The lowest BCUT2D eigenvalue weighted by Gasteiger charge is -2.08. The highest BCUT2D eigenvalue weighted by Gasteiger charge is 2.12. The standard InChI is InChI=1S/C24H22FN3O3/c1-17(27-28-24(30)23(29)26-15-18-5-3-2-4-6-18)20-9-13-22(14-10-20)31-16-19-7-11-21(25)12-8-19/h2-14H,15-16H2,1H3,(H,26,29)(H,28,30)/b27-17+. The highest BCUT2D eigenvalue weighted by atomic mass is 19.1. The molecule has 0 aliphatic heterocycles. The Morgan fingerprint density at radius 2 is 1.55 bits per heavy atom. The van der Waals surface area contributed by atoms with E-state index in [4.69, 9.17) is 4.74 Å². The zero-order chi connectivity index (χ0) is 22.1. The van der Waals surface area contributed by atoms with Crippen LogP contribution < -0.4 is 15.5 Å². The van der Waals surface area contributed by atoms with Gasteiger partial charge in [0, 0.05) is 6.54 Å². The third kappa shape index (κ3) is 6.78.